The van der Waals surface area contributed by atoms with E-state index in [0.29, 0.717) is 11.0 Å². The van der Waals surface area contributed by atoms with Crippen LogP contribution in [0.4, 0.5) is 0 Å². The first-order valence-electron chi connectivity index (χ1n) is 5.65. The van der Waals surface area contributed by atoms with Gasteiger partial charge in [0.25, 0.3) is 0 Å². The van der Waals surface area contributed by atoms with E-state index in [2.05, 4.69) is 16.2 Å². The molecule has 0 bridgehead atoms. The van der Waals surface area contributed by atoms with Crippen molar-refractivity contribution in [2.75, 3.05) is 0 Å². The SMILES string of the molecule is C#CC(N=C(N)NC(C)(C)C)c1ccc(Cl)cc1.I. The summed E-state index contributed by atoms with van der Waals surface area (Å²) in [7, 11) is 0. The Morgan fingerprint density at radius 2 is 1.89 bits per heavy atom. The highest BCUT2D eigenvalue weighted by Gasteiger charge is 2.12. The molecule has 19 heavy (non-hydrogen) atoms. The smallest absolute Gasteiger partial charge is 0.190 e. The Hall–Kier alpha value is -0.930. The van der Waals surface area contributed by atoms with Gasteiger partial charge in [0.05, 0.1) is 0 Å². The second-order valence-corrected chi connectivity index (χ2v) is 5.45. The average molecular weight is 392 g/mol. The van der Waals surface area contributed by atoms with Crippen LogP contribution >= 0.6 is 35.6 Å². The maximum absolute atomic E-state index is 5.83. The van der Waals surface area contributed by atoms with Crippen LogP contribution < -0.4 is 11.1 Å². The minimum atomic E-state index is -0.405. The summed E-state index contributed by atoms with van der Waals surface area (Å²) in [6, 6.07) is 6.85. The Labute approximate surface area is 137 Å². The van der Waals surface area contributed by atoms with Crippen molar-refractivity contribution in [1.29, 1.82) is 0 Å². The van der Waals surface area contributed by atoms with E-state index in [1.165, 1.54) is 0 Å². The minimum absolute atomic E-state index is 0. The number of terminal acetylenes is 1. The van der Waals surface area contributed by atoms with Gasteiger partial charge in [0.2, 0.25) is 0 Å². The minimum Gasteiger partial charge on any atom is -0.370 e. The van der Waals surface area contributed by atoms with Crippen molar-refractivity contribution < 1.29 is 0 Å². The summed E-state index contributed by atoms with van der Waals surface area (Å²) < 4.78 is 0. The highest BCUT2D eigenvalue weighted by molar-refractivity contribution is 14.0. The molecule has 1 atom stereocenters. The number of hydrogen-bond acceptors (Lipinski definition) is 1. The Balaban J connectivity index is 0.00000324. The van der Waals surface area contributed by atoms with E-state index in [4.69, 9.17) is 23.8 Å². The van der Waals surface area contributed by atoms with Crippen molar-refractivity contribution in [3.05, 3.63) is 34.9 Å². The second-order valence-electron chi connectivity index (χ2n) is 5.01. The molecule has 3 nitrogen and oxygen atoms in total. The molecule has 0 aliphatic rings. The molecule has 1 aromatic rings. The number of halogens is 2. The van der Waals surface area contributed by atoms with E-state index in [0.717, 1.165) is 5.56 Å². The summed E-state index contributed by atoms with van der Waals surface area (Å²) in [6.45, 7) is 6.01. The Morgan fingerprint density at radius 3 is 2.32 bits per heavy atom. The van der Waals surface area contributed by atoms with Crippen molar-refractivity contribution >= 4 is 41.5 Å². The van der Waals surface area contributed by atoms with E-state index < -0.39 is 6.04 Å². The Kier molecular flexibility index (Phi) is 7.24. The van der Waals surface area contributed by atoms with Crippen LogP contribution in [-0.2, 0) is 0 Å². The number of nitrogens with zero attached hydrogens (tertiary/aromatic N) is 1. The van der Waals surface area contributed by atoms with Crippen molar-refractivity contribution in [2.45, 2.75) is 32.4 Å². The zero-order chi connectivity index (χ0) is 13.8. The maximum Gasteiger partial charge on any atom is 0.190 e. The quantitative estimate of drug-likeness (QED) is 0.352. The summed E-state index contributed by atoms with van der Waals surface area (Å²) in [6.07, 6.45) is 5.48. The van der Waals surface area contributed by atoms with Crippen LogP contribution in [-0.4, -0.2) is 11.5 Å². The van der Waals surface area contributed by atoms with Gasteiger partial charge in [0.15, 0.2) is 5.96 Å². The zero-order valence-electron chi connectivity index (χ0n) is 11.3. The lowest BCUT2D eigenvalue weighted by molar-refractivity contribution is 0.507. The number of hydrogen-bond donors (Lipinski definition) is 2. The van der Waals surface area contributed by atoms with Crippen LogP contribution in [0.5, 0.6) is 0 Å². The lowest BCUT2D eigenvalue weighted by atomic mass is 10.1. The molecule has 104 valence electrons. The summed E-state index contributed by atoms with van der Waals surface area (Å²) >= 11 is 5.83. The van der Waals surface area contributed by atoms with Gasteiger partial charge in [-0.05, 0) is 38.5 Å². The van der Waals surface area contributed by atoms with Gasteiger partial charge in [-0.2, -0.15) is 0 Å². The van der Waals surface area contributed by atoms with Gasteiger partial charge in [-0.1, -0.05) is 29.7 Å². The zero-order valence-corrected chi connectivity index (χ0v) is 14.4. The molecule has 5 heteroatoms. The standard InChI is InChI=1S/C14H18ClN3.HI/c1-5-12(10-6-8-11(15)9-7-10)17-13(16)18-14(2,3)4;/h1,6-9,12H,2-4H3,(H3,16,17,18);1H. The van der Waals surface area contributed by atoms with E-state index in [9.17, 15) is 0 Å². The highest BCUT2D eigenvalue weighted by atomic mass is 127. The number of nitrogens with one attached hydrogen (secondary N) is 1. The van der Waals surface area contributed by atoms with E-state index in [1.807, 2.05) is 32.9 Å². The molecule has 0 aliphatic heterocycles. The molecule has 0 aliphatic carbocycles. The van der Waals surface area contributed by atoms with Gasteiger partial charge >= 0.3 is 0 Å². The molecular formula is C14H19ClIN3. The van der Waals surface area contributed by atoms with Crippen LogP contribution in [0, 0.1) is 12.3 Å². The largest absolute Gasteiger partial charge is 0.370 e. The monoisotopic (exact) mass is 391 g/mol. The molecule has 0 heterocycles. The fourth-order valence-electron chi connectivity index (χ4n) is 1.41. The predicted octanol–water partition coefficient (Wildman–Crippen LogP) is 3.34. The van der Waals surface area contributed by atoms with E-state index >= 15 is 0 Å². The third-order valence-electron chi connectivity index (χ3n) is 2.11. The number of rotatable bonds is 2. The second kappa shape index (κ2) is 7.61. The molecule has 1 aromatic carbocycles. The molecular weight excluding hydrogens is 373 g/mol. The number of nitrogens with two attached hydrogens (primary N) is 1. The first-order chi connectivity index (χ1) is 8.31. The van der Waals surface area contributed by atoms with Crippen molar-refractivity contribution in [3.8, 4) is 12.3 Å². The Morgan fingerprint density at radius 1 is 1.37 bits per heavy atom. The molecule has 1 rings (SSSR count). The molecule has 0 saturated heterocycles. The molecule has 3 N–H and O–H groups in total. The van der Waals surface area contributed by atoms with Crippen molar-refractivity contribution in [2.24, 2.45) is 10.7 Å². The van der Waals surface area contributed by atoms with Gasteiger partial charge in [-0.15, -0.1) is 30.4 Å². The summed E-state index contributed by atoms with van der Waals surface area (Å²) in [5.74, 6) is 2.94. The lowest BCUT2D eigenvalue weighted by Gasteiger charge is -2.21. The molecule has 0 saturated carbocycles. The molecule has 1 unspecified atom stereocenters. The lowest BCUT2D eigenvalue weighted by Crippen LogP contribution is -2.45. The topological polar surface area (TPSA) is 50.4 Å². The van der Waals surface area contributed by atoms with Crippen LogP contribution in [0.15, 0.2) is 29.3 Å². The third-order valence-corrected chi connectivity index (χ3v) is 2.37. The summed E-state index contributed by atoms with van der Waals surface area (Å²) in [4.78, 5) is 4.28. The van der Waals surface area contributed by atoms with Crippen molar-refractivity contribution in [1.82, 2.24) is 5.32 Å². The normalized spacial score (nSPS) is 13.1. The predicted molar refractivity (Wildman–Crippen MR) is 93.0 cm³/mol. The van der Waals surface area contributed by atoms with Gasteiger partial charge in [-0.3, -0.25) is 0 Å². The van der Waals surface area contributed by atoms with Crippen molar-refractivity contribution in [3.63, 3.8) is 0 Å². The van der Waals surface area contributed by atoms with Gasteiger partial charge in [0.1, 0.15) is 6.04 Å². The van der Waals surface area contributed by atoms with Crippen LogP contribution in [0.1, 0.15) is 32.4 Å². The van der Waals surface area contributed by atoms with Crippen LogP contribution in [0.3, 0.4) is 0 Å². The number of benzene rings is 1. The third kappa shape index (κ3) is 6.69. The molecule has 0 radical (unpaired) electrons. The van der Waals surface area contributed by atoms with Gasteiger partial charge in [-0.25, -0.2) is 4.99 Å². The average Bonchev–Trinajstić information content (AvgIpc) is 2.25. The van der Waals surface area contributed by atoms with Crippen LogP contribution in [0.25, 0.3) is 0 Å². The Bertz CT molecular complexity index is 469. The molecule has 0 aromatic heterocycles. The maximum atomic E-state index is 5.83. The first kappa shape index (κ1) is 18.1. The van der Waals surface area contributed by atoms with Crippen LogP contribution in [0.2, 0.25) is 5.02 Å². The number of aliphatic imine (C=N–C) groups is 1. The van der Waals surface area contributed by atoms with E-state index in [-0.39, 0.29) is 29.5 Å². The fourth-order valence-corrected chi connectivity index (χ4v) is 1.53. The molecule has 0 spiro atoms. The number of guanidine groups is 1. The molecule has 0 fully saturated rings. The first-order valence-corrected chi connectivity index (χ1v) is 6.02. The van der Waals surface area contributed by atoms with Gasteiger partial charge < -0.3 is 11.1 Å². The van der Waals surface area contributed by atoms with E-state index in [1.54, 1.807) is 12.1 Å². The fraction of sp³-hybridized carbons (Fsp3) is 0.357. The molecule has 0 amide bonds. The summed E-state index contributed by atoms with van der Waals surface area (Å²) in [5.41, 5.74) is 6.56. The highest BCUT2D eigenvalue weighted by Crippen LogP contribution is 2.19. The van der Waals surface area contributed by atoms with Gasteiger partial charge in [0, 0.05) is 10.6 Å². The summed E-state index contributed by atoms with van der Waals surface area (Å²) in [5, 5.41) is 3.74.